The van der Waals surface area contributed by atoms with Crippen LogP contribution >= 0.6 is 11.6 Å². The van der Waals surface area contributed by atoms with E-state index in [1.54, 1.807) is 20.3 Å². The minimum atomic E-state index is -0.190. The van der Waals surface area contributed by atoms with Crippen molar-refractivity contribution in [2.24, 2.45) is 0 Å². The number of benzene rings is 2. The third kappa shape index (κ3) is 5.56. The summed E-state index contributed by atoms with van der Waals surface area (Å²) in [4.78, 5) is 26.4. The molecule has 1 amide bonds. The number of ether oxygens (including phenoxy) is 1. The highest BCUT2D eigenvalue weighted by Crippen LogP contribution is 2.27. The van der Waals surface area contributed by atoms with Crippen LogP contribution in [0.2, 0.25) is 5.02 Å². The zero-order valence-corrected chi connectivity index (χ0v) is 19.3. The first-order valence-electron chi connectivity index (χ1n) is 10.4. The van der Waals surface area contributed by atoms with E-state index in [0.29, 0.717) is 34.5 Å². The number of nitrogens with zero attached hydrogens (tertiary/aromatic N) is 4. The number of rotatable bonds is 7. The predicted octanol–water partition coefficient (Wildman–Crippen LogP) is 4.97. The largest absolute Gasteiger partial charge is 0.487 e. The molecule has 33 heavy (non-hydrogen) atoms. The van der Waals surface area contributed by atoms with Crippen molar-refractivity contribution in [3.05, 3.63) is 94.5 Å². The summed E-state index contributed by atoms with van der Waals surface area (Å²) in [7, 11) is 3.34. The topological polar surface area (TPSA) is 81.3 Å². The molecule has 0 saturated heterocycles. The second-order valence-corrected chi connectivity index (χ2v) is 8.16. The van der Waals surface area contributed by atoms with Gasteiger partial charge < -0.3 is 14.1 Å². The Morgan fingerprint density at radius 3 is 2.55 bits per heavy atom. The molecule has 2 heterocycles. The molecule has 4 aromatic rings. The van der Waals surface area contributed by atoms with Gasteiger partial charge in [0.1, 0.15) is 29.5 Å². The van der Waals surface area contributed by atoms with E-state index in [0.717, 1.165) is 22.6 Å². The van der Waals surface area contributed by atoms with Crippen LogP contribution in [-0.2, 0) is 13.0 Å². The van der Waals surface area contributed by atoms with E-state index in [2.05, 4.69) is 15.0 Å². The van der Waals surface area contributed by atoms with Gasteiger partial charge in [0.15, 0.2) is 5.89 Å². The van der Waals surface area contributed by atoms with Crippen LogP contribution in [0.5, 0.6) is 5.75 Å². The lowest BCUT2D eigenvalue weighted by atomic mass is 10.1. The third-order valence-corrected chi connectivity index (χ3v) is 5.17. The number of oxazole rings is 1. The fourth-order valence-electron chi connectivity index (χ4n) is 3.25. The lowest BCUT2D eigenvalue weighted by Crippen LogP contribution is -2.23. The standard InChI is InChI=1S/C25H23ClN4O3/c1-16-24(29-23(33-16)12-17-5-4-6-19(26)11-17)18-7-9-21(10-8-18)32-15-20-13-28-22(14-27-20)25(31)30(2)3/h4-11,13-14H,12,15H2,1-3H3. The van der Waals surface area contributed by atoms with E-state index in [4.69, 9.17) is 20.8 Å². The quantitative estimate of drug-likeness (QED) is 0.386. The fraction of sp³-hybridized carbons (Fsp3) is 0.200. The lowest BCUT2D eigenvalue weighted by molar-refractivity contribution is 0.0821. The molecule has 0 radical (unpaired) electrons. The van der Waals surface area contributed by atoms with Crippen LogP contribution in [0.25, 0.3) is 11.3 Å². The Morgan fingerprint density at radius 1 is 1.09 bits per heavy atom. The molecule has 0 aliphatic heterocycles. The molecular weight excluding hydrogens is 440 g/mol. The maximum absolute atomic E-state index is 11.9. The van der Waals surface area contributed by atoms with Gasteiger partial charge in [0.05, 0.1) is 18.1 Å². The van der Waals surface area contributed by atoms with Crippen LogP contribution in [0.4, 0.5) is 0 Å². The maximum atomic E-state index is 11.9. The number of hydrogen-bond donors (Lipinski definition) is 0. The summed E-state index contributed by atoms with van der Waals surface area (Å²) >= 11 is 6.07. The Labute approximate surface area is 197 Å². The highest BCUT2D eigenvalue weighted by Gasteiger charge is 2.13. The molecule has 0 saturated carbocycles. The number of aromatic nitrogens is 3. The molecule has 0 spiro atoms. The number of amides is 1. The second-order valence-electron chi connectivity index (χ2n) is 7.72. The summed E-state index contributed by atoms with van der Waals surface area (Å²) < 4.78 is 11.7. The van der Waals surface area contributed by atoms with E-state index in [1.165, 1.54) is 11.1 Å². The molecule has 4 rings (SSSR count). The van der Waals surface area contributed by atoms with Crippen molar-refractivity contribution in [3.8, 4) is 17.0 Å². The first-order valence-corrected chi connectivity index (χ1v) is 10.7. The summed E-state index contributed by atoms with van der Waals surface area (Å²) in [6.07, 6.45) is 3.58. The molecule has 0 bridgehead atoms. The number of aryl methyl sites for hydroxylation is 1. The first-order chi connectivity index (χ1) is 15.9. The minimum absolute atomic E-state index is 0.190. The van der Waals surface area contributed by atoms with Gasteiger partial charge in [-0.1, -0.05) is 23.7 Å². The molecule has 2 aromatic heterocycles. The Balaban J connectivity index is 1.39. The average Bonchev–Trinajstić information content (AvgIpc) is 3.17. The average molecular weight is 463 g/mol. The molecule has 0 aliphatic carbocycles. The SMILES string of the molecule is Cc1oc(Cc2cccc(Cl)c2)nc1-c1ccc(OCc2cnc(C(=O)N(C)C)cn2)cc1. The Kier molecular flexibility index (Phi) is 6.70. The highest BCUT2D eigenvalue weighted by atomic mass is 35.5. The zero-order chi connectivity index (χ0) is 23.4. The smallest absolute Gasteiger partial charge is 0.273 e. The first kappa shape index (κ1) is 22.5. The molecule has 168 valence electrons. The molecular formula is C25H23ClN4O3. The van der Waals surface area contributed by atoms with Crippen molar-refractivity contribution in [2.45, 2.75) is 20.0 Å². The van der Waals surface area contributed by atoms with Crippen LogP contribution in [0.3, 0.4) is 0 Å². The lowest BCUT2D eigenvalue weighted by Gasteiger charge is -2.09. The summed E-state index contributed by atoms with van der Waals surface area (Å²) in [5.41, 5.74) is 3.71. The van der Waals surface area contributed by atoms with Gasteiger partial charge in [-0.2, -0.15) is 0 Å². The normalized spacial score (nSPS) is 10.8. The summed E-state index contributed by atoms with van der Waals surface area (Å²) in [5, 5.41) is 0.690. The fourth-order valence-corrected chi connectivity index (χ4v) is 3.46. The van der Waals surface area contributed by atoms with E-state index in [9.17, 15) is 4.79 Å². The summed E-state index contributed by atoms with van der Waals surface area (Å²) in [6.45, 7) is 2.15. The van der Waals surface area contributed by atoms with Gasteiger partial charge in [0.2, 0.25) is 0 Å². The highest BCUT2D eigenvalue weighted by molar-refractivity contribution is 6.30. The van der Waals surface area contributed by atoms with E-state index in [-0.39, 0.29) is 12.5 Å². The van der Waals surface area contributed by atoms with Crippen LogP contribution in [0.1, 0.15) is 33.4 Å². The Bertz CT molecular complexity index is 1250. The summed E-state index contributed by atoms with van der Waals surface area (Å²) in [6, 6.07) is 15.3. The van der Waals surface area contributed by atoms with Crippen molar-refractivity contribution >= 4 is 17.5 Å². The van der Waals surface area contributed by atoms with E-state index in [1.807, 2.05) is 55.5 Å². The molecule has 0 N–H and O–H groups in total. The van der Waals surface area contributed by atoms with Gasteiger partial charge in [-0.05, 0) is 48.9 Å². The Hall–Kier alpha value is -3.71. The summed E-state index contributed by atoms with van der Waals surface area (Å²) in [5.74, 6) is 1.89. The monoisotopic (exact) mass is 462 g/mol. The van der Waals surface area contributed by atoms with Gasteiger partial charge in [-0.3, -0.25) is 9.78 Å². The Morgan fingerprint density at radius 2 is 1.88 bits per heavy atom. The van der Waals surface area contributed by atoms with Gasteiger partial charge in [-0.15, -0.1) is 0 Å². The molecule has 2 aromatic carbocycles. The van der Waals surface area contributed by atoms with Crippen molar-refractivity contribution in [3.63, 3.8) is 0 Å². The van der Waals surface area contributed by atoms with Gasteiger partial charge in [0.25, 0.3) is 5.91 Å². The number of halogens is 1. The molecule has 8 heteroatoms. The third-order valence-electron chi connectivity index (χ3n) is 4.93. The van der Waals surface area contributed by atoms with Gasteiger partial charge >= 0.3 is 0 Å². The van der Waals surface area contributed by atoms with Gasteiger partial charge in [-0.25, -0.2) is 9.97 Å². The van der Waals surface area contributed by atoms with Crippen molar-refractivity contribution in [1.82, 2.24) is 19.9 Å². The van der Waals surface area contributed by atoms with Gasteiger partial charge in [0, 0.05) is 31.1 Å². The van der Waals surface area contributed by atoms with Crippen molar-refractivity contribution < 1.29 is 13.9 Å². The van der Waals surface area contributed by atoms with Crippen LogP contribution in [0, 0.1) is 6.92 Å². The van der Waals surface area contributed by atoms with Crippen LogP contribution in [-0.4, -0.2) is 39.9 Å². The second kappa shape index (κ2) is 9.83. The molecule has 0 aliphatic rings. The molecule has 7 nitrogen and oxygen atoms in total. The molecule has 0 fully saturated rings. The van der Waals surface area contributed by atoms with Crippen LogP contribution in [0.15, 0.2) is 65.3 Å². The predicted molar refractivity (Wildman–Crippen MR) is 125 cm³/mol. The van der Waals surface area contributed by atoms with E-state index >= 15 is 0 Å². The minimum Gasteiger partial charge on any atom is -0.487 e. The zero-order valence-electron chi connectivity index (χ0n) is 18.6. The van der Waals surface area contributed by atoms with Crippen molar-refractivity contribution in [1.29, 1.82) is 0 Å². The molecule has 0 atom stereocenters. The number of carbonyl (C=O) groups excluding carboxylic acids is 1. The van der Waals surface area contributed by atoms with Crippen molar-refractivity contribution in [2.75, 3.05) is 14.1 Å². The number of hydrogen-bond acceptors (Lipinski definition) is 6. The van der Waals surface area contributed by atoms with Crippen LogP contribution < -0.4 is 4.74 Å². The number of carbonyl (C=O) groups is 1. The van der Waals surface area contributed by atoms with E-state index < -0.39 is 0 Å². The molecule has 0 unspecified atom stereocenters. The maximum Gasteiger partial charge on any atom is 0.273 e.